The van der Waals surface area contributed by atoms with E-state index < -0.39 is 10.0 Å². The van der Waals surface area contributed by atoms with Gasteiger partial charge in [0, 0.05) is 19.2 Å². The highest BCUT2D eigenvalue weighted by atomic mass is 32.2. The fraction of sp³-hybridized carbons (Fsp3) is 0.467. The number of unbranched alkanes of at least 4 members (excludes halogenated alkanes) is 1. The van der Waals surface area contributed by atoms with Gasteiger partial charge in [-0.2, -0.15) is 0 Å². The molecule has 20 heavy (non-hydrogen) atoms. The van der Waals surface area contributed by atoms with E-state index in [1.54, 1.807) is 32.2 Å². The predicted molar refractivity (Wildman–Crippen MR) is 79.9 cm³/mol. The summed E-state index contributed by atoms with van der Waals surface area (Å²) in [5.41, 5.74) is 1.29. The highest BCUT2D eigenvalue weighted by Crippen LogP contribution is 2.20. The Kier molecular flexibility index (Phi) is 6.21. The van der Waals surface area contributed by atoms with Gasteiger partial charge in [0.05, 0.1) is 4.90 Å². The minimum Gasteiger partial charge on any atom is -0.384 e. The van der Waals surface area contributed by atoms with Gasteiger partial charge in [0.1, 0.15) is 6.61 Å². The van der Waals surface area contributed by atoms with Crippen LogP contribution in [0.3, 0.4) is 0 Å². The number of benzene rings is 1. The first-order valence-electron chi connectivity index (χ1n) is 6.60. The number of rotatable bonds is 5. The average Bonchev–Trinajstić information content (AvgIpc) is 2.43. The maximum atomic E-state index is 12.5. The molecule has 0 saturated carbocycles. The van der Waals surface area contributed by atoms with Crippen molar-refractivity contribution >= 4 is 10.0 Å². The first kappa shape index (κ1) is 16.7. The van der Waals surface area contributed by atoms with Gasteiger partial charge in [0.25, 0.3) is 0 Å². The second kappa shape index (κ2) is 7.44. The summed E-state index contributed by atoms with van der Waals surface area (Å²) in [6, 6.07) is 5.06. The second-order valence-corrected chi connectivity index (χ2v) is 6.63. The summed E-state index contributed by atoms with van der Waals surface area (Å²) in [4.78, 5) is 0.279. The van der Waals surface area contributed by atoms with Crippen molar-refractivity contribution in [3.05, 3.63) is 29.3 Å². The number of sulfonamides is 1. The van der Waals surface area contributed by atoms with E-state index >= 15 is 0 Å². The summed E-state index contributed by atoms with van der Waals surface area (Å²) in [5.74, 6) is 5.26. The molecule has 0 fully saturated rings. The molecule has 0 heterocycles. The van der Waals surface area contributed by atoms with Crippen LogP contribution in [-0.2, 0) is 10.0 Å². The summed E-state index contributed by atoms with van der Waals surface area (Å²) in [6.45, 7) is 4.05. The van der Waals surface area contributed by atoms with E-state index in [0.29, 0.717) is 17.7 Å². The zero-order valence-corrected chi connectivity index (χ0v) is 13.0. The lowest BCUT2D eigenvalue weighted by Crippen LogP contribution is -2.28. The second-order valence-electron chi connectivity index (χ2n) is 4.62. The molecule has 1 N–H and O–H groups in total. The summed E-state index contributed by atoms with van der Waals surface area (Å²) < 4.78 is 26.4. The Hall–Kier alpha value is -1.35. The minimum atomic E-state index is -3.49. The van der Waals surface area contributed by atoms with Crippen LogP contribution in [0, 0.1) is 18.8 Å². The largest absolute Gasteiger partial charge is 0.384 e. The third-order valence-corrected chi connectivity index (χ3v) is 5.01. The number of aliphatic hydroxyl groups excluding tert-OH is 1. The molecule has 0 aromatic heterocycles. The quantitative estimate of drug-likeness (QED) is 0.842. The predicted octanol–water partition coefficient (Wildman–Crippen LogP) is 1.76. The highest BCUT2D eigenvalue weighted by molar-refractivity contribution is 7.89. The number of aliphatic hydroxyl groups is 1. The van der Waals surface area contributed by atoms with Gasteiger partial charge in [-0.1, -0.05) is 31.3 Å². The topological polar surface area (TPSA) is 57.6 Å². The minimum absolute atomic E-state index is 0.244. The molecular weight excluding hydrogens is 274 g/mol. The molecule has 0 saturated heterocycles. The van der Waals surface area contributed by atoms with Crippen molar-refractivity contribution < 1.29 is 13.5 Å². The van der Waals surface area contributed by atoms with E-state index in [4.69, 9.17) is 5.11 Å². The fourth-order valence-corrected chi connectivity index (χ4v) is 3.22. The fourth-order valence-electron chi connectivity index (χ4n) is 1.77. The Bertz CT molecular complexity index is 612. The molecule has 0 unspecified atom stereocenters. The molecular formula is C15H21NO3S. The van der Waals surface area contributed by atoms with E-state index in [-0.39, 0.29) is 11.5 Å². The molecule has 5 heteroatoms. The summed E-state index contributed by atoms with van der Waals surface area (Å²) in [7, 11) is -1.89. The van der Waals surface area contributed by atoms with Gasteiger partial charge in [-0.3, -0.25) is 0 Å². The van der Waals surface area contributed by atoms with Crippen molar-refractivity contribution in [3.8, 4) is 11.8 Å². The smallest absolute Gasteiger partial charge is 0.243 e. The summed E-state index contributed by atoms with van der Waals surface area (Å²) >= 11 is 0. The standard InChI is InChI=1S/C15H21NO3S/c1-4-5-10-16(3)20(18,19)15-12-14(7-6-11-17)9-8-13(15)2/h8-9,12,17H,4-5,10-11H2,1-3H3. The van der Waals surface area contributed by atoms with Crippen LogP contribution in [0.1, 0.15) is 30.9 Å². The molecule has 0 aliphatic heterocycles. The van der Waals surface area contributed by atoms with Gasteiger partial charge in [-0.05, 0) is 31.0 Å². The van der Waals surface area contributed by atoms with Crippen molar-refractivity contribution in [3.63, 3.8) is 0 Å². The monoisotopic (exact) mass is 295 g/mol. The van der Waals surface area contributed by atoms with Gasteiger partial charge in [-0.25, -0.2) is 12.7 Å². The van der Waals surface area contributed by atoms with Crippen molar-refractivity contribution in [1.29, 1.82) is 0 Å². The molecule has 0 amide bonds. The Morgan fingerprint density at radius 1 is 1.35 bits per heavy atom. The zero-order chi connectivity index (χ0) is 15.2. The summed E-state index contributed by atoms with van der Waals surface area (Å²) in [6.07, 6.45) is 1.78. The van der Waals surface area contributed by atoms with Gasteiger partial charge >= 0.3 is 0 Å². The average molecular weight is 295 g/mol. The van der Waals surface area contributed by atoms with E-state index in [1.165, 1.54) is 4.31 Å². The Balaban J connectivity index is 3.16. The lowest BCUT2D eigenvalue weighted by molar-refractivity contribution is 0.350. The normalized spacial score (nSPS) is 11.2. The van der Waals surface area contributed by atoms with Crippen molar-refractivity contribution in [2.75, 3.05) is 20.2 Å². The Morgan fingerprint density at radius 3 is 2.65 bits per heavy atom. The van der Waals surface area contributed by atoms with Crippen molar-refractivity contribution in [2.24, 2.45) is 0 Å². The van der Waals surface area contributed by atoms with Crippen molar-refractivity contribution in [1.82, 2.24) is 4.31 Å². The van der Waals surface area contributed by atoms with Crippen LogP contribution in [0.15, 0.2) is 23.1 Å². The van der Waals surface area contributed by atoms with E-state index in [2.05, 4.69) is 11.8 Å². The highest BCUT2D eigenvalue weighted by Gasteiger charge is 2.22. The van der Waals surface area contributed by atoms with E-state index in [9.17, 15) is 8.42 Å². The number of hydrogen-bond acceptors (Lipinski definition) is 3. The van der Waals surface area contributed by atoms with Gasteiger partial charge < -0.3 is 5.11 Å². The van der Waals surface area contributed by atoms with Crippen LogP contribution in [-0.4, -0.2) is 38.0 Å². The van der Waals surface area contributed by atoms with Gasteiger partial charge in [0.15, 0.2) is 0 Å². The third-order valence-electron chi connectivity index (χ3n) is 3.01. The maximum absolute atomic E-state index is 12.5. The lowest BCUT2D eigenvalue weighted by Gasteiger charge is -2.18. The first-order valence-corrected chi connectivity index (χ1v) is 8.04. The van der Waals surface area contributed by atoms with E-state index in [1.807, 2.05) is 6.92 Å². The molecule has 4 nitrogen and oxygen atoms in total. The Morgan fingerprint density at radius 2 is 2.05 bits per heavy atom. The van der Waals surface area contributed by atoms with E-state index in [0.717, 1.165) is 12.8 Å². The van der Waals surface area contributed by atoms with Crippen molar-refractivity contribution in [2.45, 2.75) is 31.6 Å². The molecule has 0 aliphatic rings. The zero-order valence-electron chi connectivity index (χ0n) is 12.2. The molecule has 0 radical (unpaired) electrons. The molecule has 0 atom stereocenters. The first-order chi connectivity index (χ1) is 9.43. The maximum Gasteiger partial charge on any atom is 0.243 e. The summed E-state index contributed by atoms with van der Waals surface area (Å²) in [5, 5.41) is 8.70. The molecule has 0 bridgehead atoms. The Labute approximate surface area is 121 Å². The van der Waals surface area contributed by atoms with Gasteiger partial charge in [0.2, 0.25) is 10.0 Å². The number of nitrogens with zero attached hydrogens (tertiary/aromatic N) is 1. The van der Waals surface area contributed by atoms with Crippen LogP contribution in [0.5, 0.6) is 0 Å². The molecule has 1 rings (SSSR count). The van der Waals surface area contributed by atoms with Crippen LogP contribution in [0.2, 0.25) is 0 Å². The van der Waals surface area contributed by atoms with Crippen LogP contribution in [0.4, 0.5) is 0 Å². The molecule has 110 valence electrons. The lowest BCUT2D eigenvalue weighted by atomic mass is 10.1. The molecule has 1 aromatic rings. The van der Waals surface area contributed by atoms with Crippen LogP contribution >= 0.6 is 0 Å². The molecule has 0 aliphatic carbocycles. The number of hydrogen-bond donors (Lipinski definition) is 1. The molecule has 1 aromatic carbocycles. The SMILES string of the molecule is CCCCN(C)S(=O)(=O)c1cc(C#CCO)ccc1C. The van der Waals surface area contributed by atoms with Gasteiger partial charge in [-0.15, -0.1) is 0 Å². The molecule has 0 spiro atoms. The van der Waals surface area contributed by atoms with Crippen LogP contribution < -0.4 is 0 Å². The third kappa shape index (κ3) is 4.07. The van der Waals surface area contributed by atoms with Crippen LogP contribution in [0.25, 0.3) is 0 Å². The number of aryl methyl sites for hydroxylation is 1.